The average molecular weight is 165 g/mol. The molecule has 0 bridgehead atoms. The predicted molar refractivity (Wildman–Crippen MR) is 37.9 cm³/mol. The van der Waals surface area contributed by atoms with Gasteiger partial charge in [-0.2, -0.15) is 0 Å². The first-order valence-corrected chi connectivity index (χ1v) is 3.16. The van der Waals surface area contributed by atoms with E-state index in [1.54, 1.807) is 0 Å². The van der Waals surface area contributed by atoms with E-state index in [-0.39, 0.29) is 5.56 Å². The van der Waals surface area contributed by atoms with Gasteiger partial charge in [0.05, 0.1) is 0 Å². The topological polar surface area (TPSA) is 77.4 Å². The molecule has 12 heavy (non-hydrogen) atoms. The van der Waals surface area contributed by atoms with Gasteiger partial charge in [-0.05, 0) is 0 Å². The lowest BCUT2D eigenvalue weighted by Gasteiger charge is -2.08. The Morgan fingerprint density at radius 2 is 1.83 bits per heavy atom. The number of benzene rings is 1. The van der Waals surface area contributed by atoms with Crippen LogP contribution in [0.3, 0.4) is 0 Å². The normalized spacial score (nSPS) is 9.33. The Kier molecular flexibility index (Phi) is 2.09. The summed E-state index contributed by atoms with van der Waals surface area (Å²) in [5, 5.41) is 19.2. The van der Waals surface area contributed by atoms with Crippen molar-refractivity contribution in [2.75, 3.05) is 0 Å². The zero-order chi connectivity index (χ0) is 9.14. The number of para-hydroxylation sites is 1. The van der Waals surface area contributed by atoms with Crippen LogP contribution in [0.15, 0.2) is 24.3 Å². The number of carboxylic acid groups (broad SMARTS) is 1. The molecule has 0 aliphatic rings. The van der Waals surface area contributed by atoms with Crippen molar-refractivity contribution < 1.29 is 19.8 Å². The molecular formula is C8H5O4-. The molecule has 4 heteroatoms. The molecule has 0 aliphatic carbocycles. The van der Waals surface area contributed by atoms with Crippen molar-refractivity contribution in [2.24, 2.45) is 0 Å². The largest absolute Gasteiger partial charge is 0.872 e. The Labute approximate surface area is 68.1 Å². The molecule has 0 radical (unpaired) electrons. The summed E-state index contributed by atoms with van der Waals surface area (Å²) in [4.78, 5) is 20.9. The van der Waals surface area contributed by atoms with Gasteiger partial charge in [-0.25, -0.2) is 4.79 Å². The summed E-state index contributed by atoms with van der Waals surface area (Å²) in [6.07, 6.45) is 0. The molecule has 62 valence electrons. The highest BCUT2D eigenvalue weighted by Gasteiger charge is 2.13. The number of carboxylic acids is 1. The van der Waals surface area contributed by atoms with Gasteiger partial charge in [0.1, 0.15) is 0 Å². The van der Waals surface area contributed by atoms with Crippen LogP contribution < -0.4 is 5.11 Å². The van der Waals surface area contributed by atoms with E-state index in [1.807, 2.05) is 0 Å². The minimum Gasteiger partial charge on any atom is -0.872 e. The minimum absolute atomic E-state index is 0.301. The Morgan fingerprint density at radius 1 is 1.25 bits per heavy atom. The van der Waals surface area contributed by atoms with Gasteiger partial charge >= 0.3 is 5.97 Å². The Morgan fingerprint density at radius 3 is 2.33 bits per heavy atom. The third-order valence-corrected chi connectivity index (χ3v) is 1.33. The molecule has 0 saturated carbocycles. The number of hydrogen-bond acceptors (Lipinski definition) is 3. The van der Waals surface area contributed by atoms with Crippen molar-refractivity contribution in [3.05, 3.63) is 29.8 Å². The summed E-state index contributed by atoms with van der Waals surface area (Å²) < 4.78 is 0. The van der Waals surface area contributed by atoms with Gasteiger partial charge in [-0.15, -0.1) is 0 Å². The van der Waals surface area contributed by atoms with Gasteiger partial charge in [0.15, 0.2) is 0 Å². The summed E-state index contributed by atoms with van der Waals surface area (Å²) in [6, 6.07) is 5.23. The third-order valence-electron chi connectivity index (χ3n) is 1.33. The monoisotopic (exact) mass is 165 g/mol. The fourth-order valence-electron chi connectivity index (χ4n) is 0.769. The highest BCUT2D eigenvalue weighted by molar-refractivity contribution is 6.40. The fraction of sp³-hybridized carbons (Fsp3) is 0. The smallest absolute Gasteiger partial charge is 0.377 e. The molecule has 1 aromatic rings. The third kappa shape index (κ3) is 1.42. The highest BCUT2D eigenvalue weighted by Crippen LogP contribution is 2.12. The van der Waals surface area contributed by atoms with Crippen molar-refractivity contribution in [2.45, 2.75) is 0 Å². The van der Waals surface area contributed by atoms with E-state index in [4.69, 9.17) is 5.11 Å². The van der Waals surface area contributed by atoms with Crippen LogP contribution in [0.2, 0.25) is 0 Å². The molecular weight excluding hydrogens is 160 g/mol. The maximum Gasteiger partial charge on any atom is 0.377 e. The number of ketones is 1. The molecule has 1 aromatic carbocycles. The first kappa shape index (κ1) is 8.26. The molecule has 0 saturated heterocycles. The Bertz CT molecular complexity index is 330. The molecule has 0 atom stereocenters. The van der Waals surface area contributed by atoms with Crippen molar-refractivity contribution in [3.63, 3.8) is 0 Å². The van der Waals surface area contributed by atoms with Gasteiger partial charge in [-0.1, -0.05) is 30.0 Å². The second-order valence-corrected chi connectivity index (χ2v) is 2.13. The Hall–Kier alpha value is -1.84. The van der Waals surface area contributed by atoms with Crippen LogP contribution in [0.4, 0.5) is 0 Å². The van der Waals surface area contributed by atoms with E-state index in [0.29, 0.717) is 0 Å². The van der Waals surface area contributed by atoms with Gasteiger partial charge in [0.25, 0.3) is 5.78 Å². The van der Waals surface area contributed by atoms with E-state index in [9.17, 15) is 14.7 Å². The average Bonchev–Trinajstić information content (AvgIpc) is 2.04. The molecule has 0 aromatic heterocycles. The van der Waals surface area contributed by atoms with Gasteiger partial charge in [-0.3, -0.25) is 4.79 Å². The lowest BCUT2D eigenvalue weighted by molar-refractivity contribution is -0.268. The molecule has 0 unspecified atom stereocenters. The lowest BCUT2D eigenvalue weighted by Crippen LogP contribution is -2.14. The second kappa shape index (κ2) is 3.04. The molecule has 0 heterocycles. The zero-order valence-corrected chi connectivity index (χ0v) is 5.98. The number of aliphatic carboxylic acids is 1. The number of rotatable bonds is 2. The molecule has 0 amide bonds. The van der Waals surface area contributed by atoms with Crippen molar-refractivity contribution in [1.29, 1.82) is 0 Å². The van der Waals surface area contributed by atoms with Crippen LogP contribution in [0.1, 0.15) is 10.4 Å². The summed E-state index contributed by atoms with van der Waals surface area (Å²) in [5.41, 5.74) is -0.301. The quantitative estimate of drug-likeness (QED) is 0.495. The fourth-order valence-corrected chi connectivity index (χ4v) is 0.769. The SMILES string of the molecule is O=C(O)C(=O)c1ccccc1[O-]. The van der Waals surface area contributed by atoms with Crippen LogP contribution in [-0.4, -0.2) is 16.9 Å². The molecule has 0 aliphatic heterocycles. The molecule has 4 nitrogen and oxygen atoms in total. The number of Topliss-reactive ketones (excluding diaryl/α,β-unsaturated/α-hetero) is 1. The standard InChI is InChI=1S/C8H6O4/c9-6-4-2-1-3-5(6)7(10)8(11)12/h1-4,9H,(H,11,12)/p-1. The van der Waals surface area contributed by atoms with Crippen molar-refractivity contribution >= 4 is 11.8 Å². The molecule has 0 fully saturated rings. The predicted octanol–water partition coefficient (Wildman–Crippen LogP) is 0.0275. The minimum atomic E-state index is -1.61. The Balaban J connectivity index is 3.11. The van der Waals surface area contributed by atoms with Crippen LogP contribution in [-0.2, 0) is 4.79 Å². The van der Waals surface area contributed by atoms with E-state index in [1.165, 1.54) is 18.2 Å². The van der Waals surface area contributed by atoms with Crippen LogP contribution in [0, 0.1) is 0 Å². The zero-order valence-electron chi connectivity index (χ0n) is 5.98. The molecule has 0 spiro atoms. The maximum atomic E-state index is 10.9. The second-order valence-electron chi connectivity index (χ2n) is 2.13. The summed E-state index contributed by atoms with van der Waals surface area (Å²) in [6.45, 7) is 0. The number of carbonyl (C=O) groups is 2. The van der Waals surface area contributed by atoms with Gasteiger partial charge in [0.2, 0.25) is 0 Å². The first-order chi connectivity index (χ1) is 5.63. The van der Waals surface area contributed by atoms with Crippen LogP contribution in [0.25, 0.3) is 0 Å². The van der Waals surface area contributed by atoms with Crippen molar-refractivity contribution in [3.8, 4) is 5.75 Å². The highest BCUT2D eigenvalue weighted by atomic mass is 16.4. The van der Waals surface area contributed by atoms with Crippen molar-refractivity contribution in [1.82, 2.24) is 0 Å². The maximum absolute atomic E-state index is 10.9. The van der Waals surface area contributed by atoms with Crippen LogP contribution >= 0.6 is 0 Å². The van der Waals surface area contributed by atoms with Crippen LogP contribution in [0.5, 0.6) is 5.75 Å². The summed E-state index contributed by atoms with van der Waals surface area (Å²) >= 11 is 0. The summed E-state index contributed by atoms with van der Waals surface area (Å²) in [7, 11) is 0. The number of carbonyl (C=O) groups excluding carboxylic acids is 1. The van der Waals surface area contributed by atoms with E-state index in [0.717, 1.165) is 6.07 Å². The van der Waals surface area contributed by atoms with Gasteiger partial charge in [0, 0.05) is 5.56 Å². The van der Waals surface area contributed by atoms with E-state index >= 15 is 0 Å². The van der Waals surface area contributed by atoms with E-state index < -0.39 is 17.5 Å². The lowest BCUT2D eigenvalue weighted by atomic mass is 10.1. The first-order valence-electron chi connectivity index (χ1n) is 3.16. The summed E-state index contributed by atoms with van der Waals surface area (Å²) in [5.74, 6) is -3.34. The molecule has 1 N–H and O–H groups in total. The van der Waals surface area contributed by atoms with E-state index in [2.05, 4.69) is 0 Å². The number of hydrogen-bond donors (Lipinski definition) is 1. The molecule has 1 rings (SSSR count). The van der Waals surface area contributed by atoms with Gasteiger partial charge < -0.3 is 10.2 Å².